The first-order chi connectivity index (χ1) is 11.6. The van der Waals surface area contributed by atoms with Crippen LogP contribution < -0.4 is 16.3 Å². The lowest BCUT2D eigenvalue weighted by Crippen LogP contribution is -2.21. The minimum atomic E-state index is -0.467. The zero-order chi connectivity index (χ0) is 17.1. The minimum absolute atomic E-state index is 0.196. The number of hydrogen-bond donors (Lipinski definition) is 1. The summed E-state index contributed by atoms with van der Waals surface area (Å²) in [6.07, 6.45) is 0.611. The second-order valence-electron chi connectivity index (χ2n) is 5.80. The van der Waals surface area contributed by atoms with Crippen molar-refractivity contribution >= 4 is 22.3 Å². The van der Waals surface area contributed by atoms with Crippen LogP contribution in [-0.2, 0) is 6.42 Å². The molecule has 2 N–H and O–H groups in total. The van der Waals surface area contributed by atoms with Crippen molar-refractivity contribution in [3.8, 4) is 0 Å². The lowest BCUT2D eigenvalue weighted by molar-refractivity contribution is 0.562. The van der Waals surface area contributed by atoms with Crippen molar-refractivity contribution in [1.29, 1.82) is 0 Å². The van der Waals surface area contributed by atoms with E-state index in [1.165, 1.54) is 0 Å². The lowest BCUT2D eigenvalue weighted by Gasteiger charge is -2.21. The van der Waals surface area contributed by atoms with Crippen LogP contribution in [0, 0.1) is 0 Å². The molecule has 0 fully saturated rings. The number of anilines is 2. The Hall–Kier alpha value is -2.75. The van der Waals surface area contributed by atoms with Gasteiger partial charge in [-0.25, -0.2) is 4.79 Å². The third kappa shape index (κ3) is 3.00. The first-order valence-electron chi connectivity index (χ1n) is 8.28. The fraction of sp³-hybridized carbons (Fsp3) is 0.250. The highest BCUT2D eigenvalue weighted by Crippen LogP contribution is 2.28. The highest BCUT2D eigenvalue weighted by Gasteiger charge is 2.14. The van der Waals surface area contributed by atoms with Gasteiger partial charge in [0.15, 0.2) is 0 Å². The maximum absolute atomic E-state index is 12.2. The fourth-order valence-corrected chi connectivity index (χ4v) is 3.04. The van der Waals surface area contributed by atoms with Gasteiger partial charge in [-0.15, -0.1) is 0 Å². The van der Waals surface area contributed by atoms with E-state index in [4.69, 9.17) is 10.2 Å². The van der Waals surface area contributed by atoms with Gasteiger partial charge in [-0.1, -0.05) is 30.3 Å². The predicted molar refractivity (Wildman–Crippen MR) is 99.7 cm³/mol. The summed E-state index contributed by atoms with van der Waals surface area (Å²) in [6.45, 7) is 6.01. The number of nitrogen functional groups attached to an aromatic ring is 1. The second kappa shape index (κ2) is 6.79. The van der Waals surface area contributed by atoms with E-state index < -0.39 is 5.63 Å². The fourth-order valence-electron chi connectivity index (χ4n) is 3.04. The van der Waals surface area contributed by atoms with Gasteiger partial charge in [-0.2, -0.15) is 0 Å². The zero-order valence-corrected chi connectivity index (χ0v) is 14.1. The normalized spacial score (nSPS) is 10.9. The molecule has 3 rings (SSSR count). The van der Waals surface area contributed by atoms with Gasteiger partial charge in [0.25, 0.3) is 0 Å². The molecule has 0 saturated heterocycles. The van der Waals surface area contributed by atoms with Crippen molar-refractivity contribution in [1.82, 2.24) is 0 Å². The monoisotopic (exact) mass is 322 g/mol. The van der Waals surface area contributed by atoms with Crippen LogP contribution in [0.2, 0.25) is 0 Å². The van der Waals surface area contributed by atoms with Crippen molar-refractivity contribution in [3.05, 3.63) is 70.1 Å². The summed E-state index contributed by atoms with van der Waals surface area (Å²) >= 11 is 0. The van der Waals surface area contributed by atoms with Gasteiger partial charge in [-0.3, -0.25) is 0 Å². The molecule has 0 spiro atoms. The summed E-state index contributed by atoms with van der Waals surface area (Å²) in [4.78, 5) is 14.4. The van der Waals surface area contributed by atoms with Gasteiger partial charge in [0.05, 0.1) is 0 Å². The second-order valence-corrected chi connectivity index (χ2v) is 5.80. The average Bonchev–Trinajstić information content (AvgIpc) is 2.61. The van der Waals surface area contributed by atoms with E-state index in [1.807, 2.05) is 42.5 Å². The van der Waals surface area contributed by atoms with Crippen LogP contribution in [0.4, 0.5) is 11.4 Å². The molecule has 0 aliphatic rings. The van der Waals surface area contributed by atoms with Gasteiger partial charge in [0, 0.05) is 36.7 Å². The average molecular weight is 322 g/mol. The first-order valence-corrected chi connectivity index (χ1v) is 8.28. The van der Waals surface area contributed by atoms with Crippen molar-refractivity contribution in [2.24, 2.45) is 0 Å². The molecule has 0 saturated carbocycles. The summed E-state index contributed by atoms with van der Waals surface area (Å²) in [6, 6.07) is 16.0. The van der Waals surface area contributed by atoms with Crippen molar-refractivity contribution in [3.63, 3.8) is 0 Å². The molecule has 0 unspecified atom stereocenters. The minimum Gasteiger partial charge on any atom is -0.421 e. The van der Waals surface area contributed by atoms with E-state index in [9.17, 15) is 4.79 Å². The summed E-state index contributed by atoms with van der Waals surface area (Å²) in [5.41, 5.74) is 9.34. The molecule has 4 heteroatoms. The summed E-state index contributed by atoms with van der Waals surface area (Å²) in [5.74, 6) is 0. The molecule has 0 radical (unpaired) electrons. The Balaban J connectivity index is 2.14. The van der Waals surface area contributed by atoms with Gasteiger partial charge in [0.1, 0.15) is 11.3 Å². The quantitative estimate of drug-likeness (QED) is 0.726. The number of fused-ring (bicyclic) bond motifs is 1. The molecule has 2 aromatic carbocycles. The van der Waals surface area contributed by atoms with Gasteiger partial charge < -0.3 is 15.1 Å². The van der Waals surface area contributed by atoms with Crippen LogP contribution in [0.15, 0.2) is 57.7 Å². The Morgan fingerprint density at radius 1 is 1.04 bits per heavy atom. The van der Waals surface area contributed by atoms with E-state index in [0.29, 0.717) is 12.0 Å². The number of nitrogens with two attached hydrogens (primary N) is 1. The van der Waals surface area contributed by atoms with E-state index in [-0.39, 0.29) is 5.69 Å². The van der Waals surface area contributed by atoms with Crippen LogP contribution in [-0.4, -0.2) is 13.1 Å². The Bertz CT molecular complexity index is 897. The van der Waals surface area contributed by atoms with Crippen molar-refractivity contribution in [2.45, 2.75) is 20.3 Å². The topological polar surface area (TPSA) is 59.5 Å². The molecule has 124 valence electrons. The third-order valence-electron chi connectivity index (χ3n) is 4.39. The smallest absolute Gasteiger partial charge is 0.359 e. The Kier molecular flexibility index (Phi) is 4.56. The van der Waals surface area contributed by atoms with Crippen molar-refractivity contribution < 1.29 is 4.42 Å². The Morgan fingerprint density at radius 3 is 2.42 bits per heavy atom. The van der Waals surface area contributed by atoms with E-state index in [0.717, 1.165) is 35.3 Å². The predicted octanol–water partition coefficient (Wildman–Crippen LogP) is 3.81. The molecule has 4 nitrogen and oxygen atoms in total. The molecular formula is C20H22N2O2. The van der Waals surface area contributed by atoms with Crippen LogP contribution >= 0.6 is 0 Å². The largest absolute Gasteiger partial charge is 0.421 e. The maximum Gasteiger partial charge on any atom is 0.359 e. The Labute approximate surface area is 141 Å². The van der Waals surface area contributed by atoms with E-state index in [1.54, 1.807) is 0 Å². The molecule has 3 aromatic rings. The summed E-state index contributed by atoms with van der Waals surface area (Å²) < 4.78 is 5.44. The molecule has 0 bridgehead atoms. The van der Waals surface area contributed by atoms with Gasteiger partial charge in [-0.05, 0) is 37.1 Å². The van der Waals surface area contributed by atoms with Crippen LogP contribution in [0.1, 0.15) is 25.0 Å². The summed E-state index contributed by atoms with van der Waals surface area (Å²) in [5, 5.41) is 0.895. The van der Waals surface area contributed by atoms with Crippen LogP contribution in [0.5, 0.6) is 0 Å². The summed E-state index contributed by atoms with van der Waals surface area (Å²) in [7, 11) is 0. The third-order valence-corrected chi connectivity index (χ3v) is 4.39. The van der Waals surface area contributed by atoms with E-state index >= 15 is 0 Å². The SMILES string of the molecule is CCN(CC)c1ccc2c(Cc3ccccc3)c(N)c(=O)oc2c1. The highest BCUT2D eigenvalue weighted by atomic mass is 16.4. The zero-order valence-electron chi connectivity index (χ0n) is 14.1. The molecule has 0 aliphatic heterocycles. The molecule has 1 aromatic heterocycles. The molecule has 1 heterocycles. The van der Waals surface area contributed by atoms with Crippen molar-refractivity contribution in [2.75, 3.05) is 23.7 Å². The molecule has 0 atom stereocenters. The van der Waals surface area contributed by atoms with Crippen LogP contribution in [0.3, 0.4) is 0 Å². The lowest BCUT2D eigenvalue weighted by atomic mass is 10.00. The molecule has 0 aliphatic carbocycles. The van der Waals surface area contributed by atoms with Gasteiger partial charge >= 0.3 is 5.63 Å². The Morgan fingerprint density at radius 2 is 1.75 bits per heavy atom. The number of nitrogens with zero attached hydrogens (tertiary/aromatic N) is 1. The molecule has 24 heavy (non-hydrogen) atoms. The first kappa shape index (κ1) is 16.1. The van der Waals surface area contributed by atoms with E-state index in [2.05, 4.69) is 24.8 Å². The van der Waals surface area contributed by atoms with Crippen LogP contribution in [0.25, 0.3) is 11.0 Å². The molecular weight excluding hydrogens is 300 g/mol. The number of benzene rings is 2. The number of rotatable bonds is 5. The highest BCUT2D eigenvalue weighted by molar-refractivity contribution is 5.87. The standard InChI is InChI=1S/C20H22N2O2/c1-3-22(4-2)15-10-11-16-17(12-14-8-6-5-7-9-14)19(21)20(23)24-18(16)13-15/h5-11,13H,3-4,12,21H2,1-2H3. The molecule has 0 amide bonds. The number of hydrogen-bond acceptors (Lipinski definition) is 4. The van der Waals surface area contributed by atoms with Gasteiger partial charge in [0.2, 0.25) is 0 Å². The maximum atomic E-state index is 12.2.